The summed E-state index contributed by atoms with van der Waals surface area (Å²) in [6, 6.07) is 11.4. The minimum atomic E-state index is -0.0726. The van der Waals surface area contributed by atoms with Crippen molar-refractivity contribution in [2.75, 3.05) is 57.1 Å². The number of anilines is 3. The molecule has 6 rings (SSSR count). The van der Waals surface area contributed by atoms with E-state index in [1.807, 2.05) is 73.3 Å². The molecule has 41 heavy (non-hydrogen) atoms. The van der Waals surface area contributed by atoms with Gasteiger partial charge in [0.25, 0.3) is 0 Å². The van der Waals surface area contributed by atoms with Gasteiger partial charge in [-0.05, 0) is 56.9 Å². The molecule has 2 aliphatic rings. The van der Waals surface area contributed by atoms with Crippen LogP contribution in [0.25, 0.3) is 11.0 Å². The first-order valence-corrected chi connectivity index (χ1v) is 13.6. The van der Waals surface area contributed by atoms with Crippen molar-refractivity contribution in [1.82, 2.24) is 29.7 Å². The van der Waals surface area contributed by atoms with Crippen molar-refractivity contribution >= 4 is 34.3 Å². The van der Waals surface area contributed by atoms with E-state index in [2.05, 4.69) is 25.2 Å². The minimum absolute atomic E-state index is 0.00803. The van der Waals surface area contributed by atoms with Crippen LogP contribution in [0.2, 0.25) is 0 Å². The molecule has 3 aromatic heterocycles. The Kier molecular flexibility index (Phi) is 7.34. The van der Waals surface area contributed by atoms with E-state index in [0.29, 0.717) is 54.6 Å². The average Bonchev–Trinajstić information content (AvgIpc) is 3.10. The van der Waals surface area contributed by atoms with Gasteiger partial charge in [-0.1, -0.05) is 6.08 Å². The van der Waals surface area contributed by atoms with Crippen molar-refractivity contribution in [3.8, 4) is 17.2 Å². The van der Waals surface area contributed by atoms with Gasteiger partial charge in [-0.3, -0.25) is 9.78 Å². The average molecular weight is 553 g/mol. The van der Waals surface area contributed by atoms with E-state index in [1.165, 1.54) is 6.33 Å². The maximum absolute atomic E-state index is 12.9. The van der Waals surface area contributed by atoms with E-state index in [1.54, 1.807) is 18.5 Å². The van der Waals surface area contributed by atoms with E-state index in [-0.39, 0.29) is 11.9 Å². The van der Waals surface area contributed by atoms with Crippen LogP contribution in [0.4, 0.5) is 17.3 Å². The number of aryl methyl sites for hydroxylation is 1. The number of ether oxygens (including phenoxy) is 2. The van der Waals surface area contributed by atoms with Crippen LogP contribution in [0.5, 0.6) is 17.2 Å². The SMILES string of the molecule is Cc1cc(Nc2ncnc3cc4c(nc23)N2CCN(C(=O)/C=C/CN(C)C)[C@@H](CO4)C2)ccc1Oc1cccnc1. The second-order valence-corrected chi connectivity index (χ2v) is 10.4. The fourth-order valence-corrected chi connectivity index (χ4v) is 5.02. The van der Waals surface area contributed by atoms with Gasteiger partial charge in [0.05, 0.1) is 17.8 Å². The van der Waals surface area contributed by atoms with Crippen LogP contribution in [-0.4, -0.2) is 88.6 Å². The summed E-state index contributed by atoms with van der Waals surface area (Å²) in [5.74, 6) is 3.43. The van der Waals surface area contributed by atoms with Crippen LogP contribution in [0.3, 0.4) is 0 Å². The maximum atomic E-state index is 12.9. The number of fused-ring (bicyclic) bond motifs is 5. The number of amides is 1. The summed E-state index contributed by atoms with van der Waals surface area (Å²) in [5.41, 5.74) is 3.13. The van der Waals surface area contributed by atoms with Gasteiger partial charge in [0, 0.05) is 50.2 Å². The highest BCUT2D eigenvalue weighted by atomic mass is 16.5. The monoisotopic (exact) mass is 552 g/mol. The van der Waals surface area contributed by atoms with Crippen molar-refractivity contribution in [2.24, 2.45) is 0 Å². The molecule has 0 aliphatic carbocycles. The molecule has 2 aliphatic heterocycles. The lowest BCUT2D eigenvalue weighted by atomic mass is 10.1. The molecule has 4 aromatic rings. The zero-order chi connectivity index (χ0) is 28.3. The van der Waals surface area contributed by atoms with Gasteiger partial charge in [0.15, 0.2) is 17.4 Å². The Hall–Kier alpha value is -4.77. The number of benzene rings is 1. The van der Waals surface area contributed by atoms with Crippen LogP contribution in [0, 0.1) is 6.92 Å². The van der Waals surface area contributed by atoms with E-state index in [4.69, 9.17) is 14.5 Å². The van der Waals surface area contributed by atoms with E-state index >= 15 is 0 Å². The van der Waals surface area contributed by atoms with Gasteiger partial charge < -0.3 is 29.5 Å². The van der Waals surface area contributed by atoms with E-state index in [0.717, 1.165) is 29.4 Å². The molecule has 2 bridgehead atoms. The molecule has 1 atom stereocenters. The summed E-state index contributed by atoms with van der Waals surface area (Å²) >= 11 is 0. The molecule has 210 valence electrons. The van der Waals surface area contributed by atoms with Crippen molar-refractivity contribution in [1.29, 1.82) is 0 Å². The molecule has 0 radical (unpaired) electrons. The second-order valence-electron chi connectivity index (χ2n) is 10.4. The number of rotatable bonds is 7. The van der Waals surface area contributed by atoms with Crippen LogP contribution >= 0.6 is 0 Å². The van der Waals surface area contributed by atoms with E-state index in [9.17, 15) is 4.79 Å². The van der Waals surface area contributed by atoms with Gasteiger partial charge in [0.2, 0.25) is 5.91 Å². The Morgan fingerprint density at radius 2 is 2.12 bits per heavy atom. The number of pyridine rings is 2. The molecule has 1 fully saturated rings. The summed E-state index contributed by atoms with van der Waals surface area (Å²) in [6.07, 6.45) is 8.46. The molecule has 5 heterocycles. The first kappa shape index (κ1) is 26.5. The Balaban J connectivity index is 1.22. The third kappa shape index (κ3) is 5.75. The normalized spacial score (nSPS) is 16.4. The quantitative estimate of drug-likeness (QED) is 0.340. The molecular weight excluding hydrogens is 520 g/mol. The number of hydrogen-bond acceptors (Lipinski definition) is 10. The molecule has 0 spiro atoms. The molecular formula is C30H32N8O3. The summed E-state index contributed by atoms with van der Waals surface area (Å²) in [5, 5.41) is 3.40. The van der Waals surface area contributed by atoms with Crippen LogP contribution in [0.15, 0.2) is 67.3 Å². The minimum Gasteiger partial charge on any atom is -0.487 e. The predicted octanol–water partition coefficient (Wildman–Crippen LogP) is 3.79. The Morgan fingerprint density at radius 1 is 1.22 bits per heavy atom. The standard InChI is InChI=1S/C30H32N8O3/c1-20-14-21(8-9-25(20)41-23-6-4-10-31-16-23)34-29-28-24(32-19-33-29)15-26-30(35-28)37-12-13-38(22(17-37)18-40-26)27(39)7-5-11-36(2)3/h4-10,14-16,19,22H,11-13,17-18H2,1-3H3,(H,32,33,34)/b7-5+/t22-/m1/s1. The Labute approximate surface area is 238 Å². The highest BCUT2D eigenvalue weighted by Crippen LogP contribution is 2.36. The smallest absolute Gasteiger partial charge is 0.246 e. The number of carbonyl (C=O) groups excluding carboxylic acids is 1. The second kappa shape index (κ2) is 11.4. The largest absolute Gasteiger partial charge is 0.487 e. The highest BCUT2D eigenvalue weighted by molar-refractivity contribution is 5.90. The number of carbonyl (C=O) groups is 1. The van der Waals surface area contributed by atoms with Gasteiger partial charge in [0.1, 0.15) is 29.9 Å². The third-order valence-electron chi connectivity index (χ3n) is 7.08. The van der Waals surface area contributed by atoms with Crippen molar-refractivity contribution in [3.63, 3.8) is 0 Å². The van der Waals surface area contributed by atoms with Crippen LogP contribution < -0.4 is 19.7 Å². The van der Waals surface area contributed by atoms with Crippen molar-refractivity contribution < 1.29 is 14.3 Å². The van der Waals surface area contributed by atoms with Gasteiger partial charge in [-0.15, -0.1) is 0 Å². The fraction of sp³-hybridized carbons (Fsp3) is 0.300. The molecule has 11 nitrogen and oxygen atoms in total. The topological polar surface area (TPSA) is 109 Å². The summed E-state index contributed by atoms with van der Waals surface area (Å²) < 4.78 is 12.2. The maximum Gasteiger partial charge on any atom is 0.246 e. The zero-order valence-corrected chi connectivity index (χ0v) is 23.3. The molecule has 1 saturated heterocycles. The Morgan fingerprint density at radius 3 is 2.93 bits per heavy atom. The van der Waals surface area contributed by atoms with Gasteiger partial charge in [-0.25, -0.2) is 15.0 Å². The Bertz CT molecular complexity index is 1590. The lowest BCUT2D eigenvalue weighted by Crippen LogP contribution is -2.56. The summed E-state index contributed by atoms with van der Waals surface area (Å²) in [6.45, 7) is 5.01. The highest BCUT2D eigenvalue weighted by Gasteiger charge is 2.35. The number of hydrogen-bond donors (Lipinski definition) is 1. The van der Waals surface area contributed by atoms with E-state index < -0.39 is 0 Å². The lowest BCUT2D eigenvalue weighted by molar-refractivity contribution is -0.129. The molecule has 1 amide bonds. The predicted molar refractivity (Wildman–Crippen MR) is 157 cm³/mol. The fourth-order valence-electron chi connectivity index (χ4n) is 5.02. The number of aromatic nitrogens is 4. The van der Waals surface area contributed by atoms with Gasteiger partial charge in [-0.2, -0.15) is 0 Å². The van der Waals surface area contributed by atoms with Crippen molar-refractivity contribution in [3.05, 3.63) is 72.8 Å². The zero-order valence-electron chi connectivity index (χ0n) is 23.3. The van der Waals surface area contributed by atoms with Crippen molar-refractivity contribution in [2.45, 2.75) is 13.0 Å². The van der Waals surface area contributed by atoms with Crippen LogP contribution in [-0.2, 0) is 4.79 Å². The third-order valence-corrected chi connectivity index (χ3v) is 7.08. The summed E-state index contributed by atoms with van der Waals surface area (Å²) in [7, 11) is 3.95. The summed E-state index contributed by atoms with van der Waals surface area (Å²) in [4.78, 5) is 37.1. The van der Waals surface area contributed by atoms with Crippen LogP contribution in [0.1, 0.15) is 5.56 Å². The molecule has 1 N–H and O–H groups in total. The number of nitrogens with one attached hydrogen (secondary N) is 1. The number of likely N-dealkylation sites (N-methyl/N-ethyl adjacent to an activating group) is 1. The van der Waals surface area contributed by atoms with Gasteiger partial charge >= 0.3 is 0 Å². The lowest BCUT2D eigenvalue weighted by Gasteiger charge is -2.39. The molecule has 11 heteroatoms. The number of piperazine rings is 1. The first-order chi connectivity index (χ1) is 19.9. The number of nitrogens with zero attached hydrogens (tertiary/aromatic N) is 7. The first-order valence-electron chi connectivity index (χ1n) is 13.6. The molecule has 0 unspecified atom stereocenters. The molecule has 1 aromatic carbocycles. The molecule has 0 saturated carbocycles.